The molecule has 3 atom stereocenters. The van der Waals surface area contributed by atoms with Crippen molar-refractivity contribution in [1.82, 2.24) is 10.2 Å². The number of thiol groups is 1. The summed E-state index contributed by atoms with van der Waals surface area (Å²) >= 11 is 4.28. The van der Waals surface area contributed by atoms with E-state index in [2.05, 4.69) is 17.9 Å². The third kappa shape index (κ3) is 6.12. The first-order valence-electron chi connectivity index (χ1n) is 10.2. The van der Waals surface area contributed by atoms with Crippen molar-refractivity contribution < 1.29 is 27.9 Å². The molecule has 0 spiro atoms. The number of nitrogens with zero attached hydrogens (tertiary/aromatic N) is 1. The molecule has 0 radical (unpaired) electrons. The standard InChI is InChI=1S/C22H25N3O6S2/c23-33(30,31)16-8-6-14(7-9-16)12-19(32)21(27)24-13-20(26)25-17(10-11-18(25)22(28)29)15-4-2-1-3-5-15/h1-9,17-19,32H,10-13H2,(H,24,27)(H,28,29)(H2,23,30,31)/t17?,18-,19?/m0/s1. The fourth-order valence-electron chi connectivity index (χ4n) is 3.91. The van der Waals surface area contributed by atoms with Gasteiger partial charge in [0.25, 0.3) is 0 Å². The number of carbonyl (C=O) groups is 3. The van der Waals surface area contributed by atoms with Crippen molar-refractivity contribution >= 4 is 40.4 Å². The summed E-state index contributed by atoms with van der Waals surface area (Å²) < 4.78 is 22.7. The minimum Gasteiger partial charge on any atom is -0.480 e. The highest BCUT2D eigenvalue weighted by molar-refractivity contribution is 7.89. The van der Waals surface area contributed by atoms with Crippen LogP contribution < -0.4 is 10.5 Å². The Balaban J connectivity index is 1.62. The number of hydrogen-bond acceptors (Lipinski definition) is 6. The number of carbonyl (C=O) groups excluding carboxylic acids is 2. The summed E-state index contributed by atoms with van der Waals surface area (Å²) in [5.74, 6) is -2.06. The maximum absolute atomic E-state index is 12.9. The van der Waals surface area contributed by atoms with Crippen LogP contribution in [0, 0.1) is 0 Å². The van der Waals surface area contributed by atoms with E-state index in [4.69, 9.17) is 5.14 Å². The van der Waals surface area contributed by atoms with Crippen LogP contribution in [0.2, 0.25) is 0 Å². The molecule has 2 aromatic carbocycles. The van der Waals surface area contributed by atoms with Crippen LogP contribution in [-0.2, 0) is 30.8 Å². The molecule has 3 rings (SSSR count). The van der Waals surface area contributed by atoms with E-state index < -0.39 is 39.1 Å². The van der Waals surface area contributed by atoms with Gasteiger partial charge in [-0.2, -0.15) is 12.6 Å². The van der Waals surface area contributed by atoms with Gasteiger partial charge in [0.05, 0.1) is 22.7 Å². The number of nitrogens with two attached hydrogens (primary N) is 1. The average molecular weight is 492 g/mol. The van der Waals surface area contributed by atoms with E-state index in [1.54, 1.807) is 0 Å². The summed E-state index contributed by atoms with van der Waals surface area (Å²) in [4.78, 5) is 38.4. The van der Waals surface area contributed by atoms with E-state index in [1.165, 1.54) is 29.2 Å². The SMILES string of the molecule is NS(=O)(=O)c1ccc(CC(S)C(=O)NCC(=O)N2C(c3ccccc3)CC[C@H]2C(=O)O)cc1. The van der Waals surface area contributed by atoms with Gasteiger partial charge in [0.15, 0.2) is 0 Å². The summed E-state index contributed by atoms with van der Waals surface area (Å²) in [6.45, 7) is -0.354. The minimum atomic E-state index is -3.81. The molecule has 1 aliphatic rings. The molecule has 176 valence electrons. The summed E-state index contributed by atoms with van der Waals surface area (Å²) in [7, 11) is -3.81. The third-order valence-electron chi connectivity index (χ3n) is 5.54. The van der Waals surface area contributed by atoms with Gasteiger partial charge in [0, 0.05) is 0 Å². The van der Waals surface area contributed by atoms with Crippen LogP contribution in [0.4, 0.5) is 0 Å². The molecule has 0 aromatic heterocycles. The molecule has 0 aliphatic carbocycles. The van der Waals surface area contributed by atoms with Gasteiger partial charge in [-0.05, 0) is 42.5 Å². The zero-order chi connectivity index (χ0) is 24.2. The zero-order valence-corrected chi connectivity index (χ0v) is 19.3. The molecule has 1 fully saturated rings. The summed E-state index contributed by atoms with van der Waals surface area (Å²) in [5, 5.41) is 16.4. The predicted octanol–water partition coefficient (Wildman–Crippen LogP) is 1.11. The van der Waals surface area contributed by atoms with Gasteiger partial charge in [-0.1, -0.05) is 42.5 Å². The van der Waals surface area contributed by atoms with Crippen LogP contribution in [0.3, 0.4) is 0 Å². The fourth-order valence-corrected chi connectivity index (χ4v) is 4.72. The molecule has 2 aromatic rings. The number of rotatable bonds is 8. The molecule has 1 aliphatic heterocycles. The largest absolute Gasteiger partial charge is 0.480 e. The van der Waals surface area contributed by atoms with E-state index in [0.29, 0.717) is 18.4 Å². The first-order chi connectivity index (χ1) is 15.6. The number of primary sulfonamides is 1. The van der Waals surface area contributed by atoms with Crippen molar-refractivity contribution in [3.8, 4) is 0 Å². The quantitative estimate of drug-likeness (QED) is 0.407. The van der Waals surface area contributed by atoms with Crippen molar-refractivity contribution in [2.45, 2.75) is 41.5 Å². The molecule has 4 N–H and O–H groups in total. The van der Waals surface area contributed by atoms with E-state index in [0.717, 1.165) is 5.56 Å². The van der Waals surface area contributed by atoms with Crippen LogP contribution in [0.15, 0.2) is 59.5 Å². The van der Waals surface area contributed by atoms with Gasteiger partial charge in [-0.3, -0.25) is 9.59 Å². The fraction of sp³-hybridized carbons (Fsp3) is 0.318. The van der Waals surface area contributed by atoms with Crippen LogP contribution in [-0.4, -0.2) is 54.0 Å². The second kappa shape index (κ2) is 10.4. The highest BCUT2D eigenvalue weighted by Gasteiger charge is 2.41. The monoisotopic (exact) mass is 491 g/mol. The number of likely N-dealkylation sites (tertiary alicyclic amines) is 1. The molecule has 33 heavy (non-hydrogen) atoms. The van der Waals surface area contributed by atoms with Crippen molar-refractivity contribution in [2.24, 2.45) is 5.14 Å². The maximum atomic E-state index is 12.9. The second-order valence-electron chi connectivity index (χ2n) is 7.79. The Kier molecular flexibility index (Phi) is 7.77. The van der Waals surface area contributed by atoms with Gasteiger partial charge in [0.2, 0.25) is 21.8 Å². The lowest BCUT2D eigenvalue weighted by Gasteiger charge is -2.29. The van der Waals surface area contributed by atoms with Crippen LogP contribution in [0.1, 0.15) is 30.0 Å². The van der Waals surface area contributed by atoms with Crippen LogP contribution in [0.5, 0.6) is 0 Å². The Morgan fingerprint density at radius 1 is 1.09 bits per heavy atom. The van der Waals surface area contributed by atoms with Crippen LogP contribution >= 0.6 is 12.6 Å². The zero-order valence-electron chi connectivity index (χ0n) is 17.6. The number of hydrogen-bond donors (Lipinski definition) is 4. The topological polar surface area (TPSA) is 147 Å². The number of nitrogens with one attached hydrogen (secondary N) is 1. The lowest BCUT2D eigenvalue weighted by atomic mass is 10.0. The lowest BCUT2D eigenvalue weighted by molar-refractivity contribution is -0.149. The van der Waals surface area contributed by atoms with Crippen LogP contribution in [0.25, 0.3) is 0 Å². The molecular formula is C22H25N3O6S2. The molecule has 2 amide bonds. The Labute approximate surface area is 197 Å². The van der Waals surface area contributed by atoms with E-state index in [9.17, 15) is 27.9 Å². The van der Waals surface area contributed by atoms with Gasteiger partial charge in [0.1, 0.15) is 6.04 Å². The highest BCUT2D eigenvalue weighted by Crippen LogP contribution is 2.36. The van der Waals surface area contributed by atoms with Crippen molar-refractivity contribution in [1.29, 1.82) is 0 Å². The molecule has 2 unspecified atom stereocenters. The number of aliphatic carboxylic acids is 1. The van der Waals surface area contributed by atoms with E-state index >= 15 is 0 Å². The number of sulfonamides is 1. The molecule has 9 nitrogen and oxygen atoms in total. The highest BCUT2D eigenvalue weighted by atomic mass is 32.2. The Bertz CT molecular complexity index is 1120. The molecular weight excluding hydrogens is 466 g/mol. The summed E-state index contributed by atoms with van der Waals surface area (Å²) in [6, 6.07) is 13.6. The third-order valence-corrected chi connectivity index (χ3v) is 6.89. The van der Waals surface area contributed by atoms with Crippen molar-refractivity contribution in [3.05, 3.63) is 65.7 Å². The summed E-state index contributed by atoms with van der Waals surface area (Å²) in [6.07, 6.45) is 1.05. The molecule has 0 bridgehead atoms. The van der Waals surface area contributed by atoms with Gasteiger partial charge in [-0.25, -0.2) is 18.4 Å². The Hall–Kier alpha value is -2.89. The number of amides is 2. The molecule has 1 heterocycles. The number of benzene rings is 2. The smallest absolute Gasteiger partial charge is 0.326 e. The maximum Gasteiger partial charge on any atom is 0.326 e. The molecule has 11 heteroatoms. The second-order valence-corrected chi connectivity index (χ2v) is 9.97. The minimum absolute atomic E-state index is 0.0384. The van der Waals surface area contributed by atoms with E-state index in [-0.39, 0.29) is 23.9 Å². The Morgan fingerprint density at radius 3 is 2.30 bits per heavy atom. The molecule has 0 saturated carbocycles. The lowest BCUT2D eigenvalue weighted by Crippen LogP contribution is -2.47. The summed E-state index contributed by atoms with van der Waals surface area (Å²) in [5.41, 5.74) is 1.51. The van der Waals surface area contributed by atoms with Crippen molar-refractivity contribution in [3.63, 3.8) is 0 Å². The molecule has 1 saturated heterocycles. The van der Waals surface area contributed by atoms with E-state index in [1.807, 2.05) is 30.3 Å². The van der Waals surface area contributed by atoms with Gasteiger partial charge < -0.3 is 15.3 Å². The van der Waals surface area contributed by atoms with Gasteiger partial charge >= 0.3 is 5.97 Å². The van der Waals surface area contributed by atoms with Gasteiger partial charge in [-0.15, -0.1) is 0 Å². The number of carboxylic acid groups (broad SMARTS) is 1. The number of carboxylic acids is 1. The normalized spacial score (nSPS) is 19.2. The first-order valence-corrected chi connectivity index (χ1v) is 12.3. The Morgan fingerprint density at radius 2 is 1.73 bits per heavy atom. The first kappa shape index (κ1) is 24.7. The van der Waals surface area contributed by atoms with Crippen molar-refractivity contribution in [2.75, 3.05) is 6.54 Å². The predicted molar refractivity (Wildman–Crippen MR) is 124 cm³/mol. The average Bonchev–Trinajstić information content (AvgIpc) is 3.23.